The molecular formula is C14H19FN2O3. The maximum Gasteiger partial charge on any atom is 0.317 e. The van der Waals surface area contributed by atoms with Crippen LogP contribution in [0.5, 0.6) is 0 Å². The number of carbonyl (C=O) groups excluding carboxylic acids is 1. The number of nitrogens with one attached hydrogen (secondary N) is 1. The van der Waals surface area contributed by atoms with Crippen molar-refractivity contribution in [2.45, 2.75) is 32.4 Å². The predicted molar refractivity (Wildman–Crippen MR) is 72.7 cm³/mol. The normalized spacial score (nSPS) is 11.8. The van der Waals surface area contributed by atoms with Crippen molar-refractivity contribution >= 4 is 12.0 Å². The van der Waals surface area contributed by atoms with Crippen molar-refractivity contribution < 1.29 is 19.1 Å². The Hall–Kier alpha value is -2.11. The number of carbonyl (C=O) groups is 2. The maximum atomic E-state index is 12.8. The first-order valence-corrected chi connectivity index (χ1v) is 6.40. The number of amides is 2. The Labute approximate surface area is 117 Å². The van der Waals surface area contributed by atoms with Gasteiger partial charge >= 0.3 is 12.0 Å². The van der Waals surface area contributed by atoms with Crippen LogP contribution in [-0.4, -0.2) is 35.1 Å². The lowest BCUT2D eigenvalue weighted by atomic mass is 10.1. The first kappa shape index (κ1) is 15.9. The average Bonchev–Trinajstić information content (AvgIpc) is 2.39. The van der Waals surface area contributed by atoms with Gasteiger partial charge in [0.1, 0.15) is 5.82 Å². The minimum atomic E-state index is -0.946. The summed E-state index contributed by atoms with van der Waals surface area (Å²) >= 11 is 0. The Balaban J connectivity index is 2.53. The molecule has 2 N–H and O–H groups in total. The highest BCUT2D eigenvalue weighted by Gasteiger charge is 2.16. The summed E-state index contributed by atoms with van der Waals surface area (Å²) in [6, 6.07) is 5.14. The zero-order chi connectivity index (χ0) is 15.1. The van der Waals surface area contributed by atoms with Crippen molar-refractivity contribution in [2.24, 2.45) is 0 Å². The topological polar surface area (TPSA) is 69.6 Å². The third-order valence-corrected chi connectivity index (χ3v) is 2.92. The molecule has 1 aromatic rings. The third-order valence-electron chi connectivity index (χ3n) is 2.92. The number of hydrogen-bond donors (Lipinski definition) is 2. The second-order valence-corrected chi connectivity index (χ2v) is 4.64. The fraction of sp³-hybridized carbons (Fsp3) is 0.429. The smallest absolute Gasteiger partial charge is 0.317 e. The van der Waals surface area contributed by atoms with E-state index in [1.165, 1.54) is 17.0 Å². The molecular weight excluding hydrogens is 263 g/mol. The number of benzene rings is 1. The summed E-state index contributed by atoms with van der Waals surface area (Å²) in [5.41, 5.74) is 0.801. The Morgan fingerprint density at radius 2 is 1.95 bits per heavy atom. The summed E-state index contributed by atoms with van der Waals surface area (Å²) in [5.74, 6) is -1.27. The number of carboxylic acids is 1. The number of halogens is 1. The van der Waals surface area contributed by atoms with Crippen molar-refractivity contribution in [3.63, 3.8) is 0 Å². The fourth-order valence-corrected chi connectivity index (χ4v) is 1.73. The summed E-state index contributed by atoms with van der Waals surface area (Å²) in [4.78, 5) is 24.0. The zero-order valence-corrected chi connectivity index (χ0v) is 11.6. The molecule has 0 aliphatic carbocycles. The summed E-state index contributed by atoms with van der Waals surface area (Å²) in [5, 5.41) is 11.4. The van der Waals surface area contributed by atoms with Gasteiger partial charge in [0.15, 0.2) is 0 Å². The van der Waals surface area contributed by atoms with E-state index in [4.69, 9.17) is 5.11 Å². The van der Waals surface area contributed by atoms with Gasteiger partial charge in [-0.2, -0.15) is 0 Å². The average molecular weight is 282 g/mol. The van der Waals surface area contributed by atoms with Crippen LogP contribution >= 0.6 is 0 Å². The molecule has 0 radical (unpaired) electrons. The van der Waals surface area contributed by atoms with Crippen LogP contribution in [-0.2, 0) is 11.3 Å². The Bertz CT molecular complexity index is 462. The number of carboxylic acid groups (broad SMARTS) is 1. The molecule has 5 nitrogen and oxygen atoms in total. The molecule has 1 atom stereocenters. The highest BCUT2D eigenvalue weighted by molar-refractivity contribution is 5.75. The van der Waals surface area contributed by atoms with Crippen LogP contribution in [0.3, 0.4) is 0 Å². The molecule has 1 rings (SSSR count). The molecule has 2 amide bonds. The second-order valence-electron chi connectivity index (χ2n) is 4.64. The number of nitrogens with zero attached hydrogens (tertiary/aromatic N) is 1. The molecule has 1 aromatic carbocycles. The second kappa shape index (κ2) is 7.47. The van der Waals surface area contributed by atoms with E-state index in [1.54, 1.807) is 19.2 Å². The van der Waals surface area contributed by atoms with Gasteiger partial charge in [-0.05, 0) is 24.1 Å². The van der Waals surface area contributed by atoms with Gasteiger partial charge in [0, 0.05) is 19.6 Å². The Morgan fingerprint density at radius 3 is 2.45 bits per heavy atom. The zero-order valence-electron chi connectivity index (χ0n) is 11.6. The lowest BCUT2D eigenvalue weighted by molar-refractivity contribution is -0.137. The summed E-state index contributed by atoms with van der Waals surface area (Å²) in [7, 11) is 1.60. The van der Waals surface area contributed by atoms with Crippen molar-refractivity contribution in [1.29, 1.82) is 0 Å². The highest BCUT2D eigenvalue weighted by atomic mass is 19.1. The molecule has 0 bridgehead atoms. The van der Waals surface area contributed by atoms with Crippen molar-refractivity contribution in [1.82, 2.24) is 10.2 Å². The van der Waals surface area contributed by atoms with Crippen LogP contribution in [0.1, 0.15) is 25.3 Å². The predicted octanol–water partition coefficient (Wildman–Crippen LogP) is 2.22. The molecule has 20 heavy (non-hydrogen) atoms. The van der Waals surface area contributed by atoms with E-state index >= 15 is 0 Å². The summed E-state index contributed by atoms with van der Waals surface area (Å²) in [6.45, 7) is 2.14. The molecule has 0 heterocycles. The SMILES string of the molecule is CCC(CC(=O)O)NC(=O)N(C)Cc1ccc(F)cc1. The van der Waals surface area contributed by atoms with Gasteiger partial charge in [-0.25, -0.2) is 9.18 Å². The van der Waals surface area contributed by atoms with E-state index < -0.39 is 12.0 Å². The van der Waals surface area contributed by atoms with Crippen molar-refractivity contribution in [3.8, 4) is 0 Å². The minimum Gasteiger partial charge on any atom is -0.481 e. The third kappa shape index (κ3) is 5.26. The lowest BCUT2D eigenvalue weighted by Gasteiger charge is -2.22. The molecule has 0 spiro atoms. The summed E-state index contributed by atoms with van der Waals surface area (Å²) < 4.78 is 12.8. The van der Waals surface area contributed by atoms with Gasteiger partial charge < -0.3 is 15.3 Å². The van der Waals surface area contributed by atoms with Crippen LogP contribution in [0.2, 0.25) is 0 Å². The van der Waals surface area contributed by atoms with Gasteiger partial charge in [-0.1, -0.05) is 19.1 Å². The molecule has 0 aliphatic rings. The first-order valence-electron chi connectivity index (χ1n) is 6.40. The van der Waals surface area contributed by atoms with Crippen LogP contribution in [0.4, 0.5) is 9.18 Å². The molecule has 0 aliphatic heterocycles. The van der Waals surface area contributed by atoms with Crippen LogP contribution in [0.25, 0.3) is 0 Å². The minimum absolute atomic E-state index is 0.105. The maximum absolute atomic E-state index is 12.8. The molecule has 110 valence electrons. The van der Waals surface area contributed by atoms with E-state index in [9.17, 15) is 14.0 Å². The number of urea groups is 1. The molecule has 6 heteroatoms. The largest absolute Gasteiger partial charge is 0.481 e. The quantitative estimate of drug-likeness (QED) is 0.840. The van der Waals surface area contributed by atoms with Gasteiger partial charge in [-0.3, -0.25) is 4.79 Å². The van der Waals surface area contributed by atoms with Crippen molar-refractivity contribution in [2.75, 3.05) is 7.05 Å². The molecule has 0 saturated heterocycles. The van der Waals surface area contributed by atoms with E-state index in [1.807, 2.05) is 6.92 Å². The first-order chi connectivity index (χ1) is 9.42. The van der Waals surface area contributed by atoms with E-state index in [0.717, 1.165) is 5.56 Å². The van der Waals surface area contributed by atoms with Crippen LogP contribution in [0, 0.1) is 5.82 Å². The van der Waals surface area contributed by atoms with E-state index in [2.05, 4.69) is 5.32 Å². The van der Waals surface area contributed by atoms with Crippen LogP contribution < -0.4 is 5.32 Å². The van der Waals surface area contributed by atoms with Gasteiger partial charge in [-0.15, -0.1) is 0 Å². The fourth-order valence-electron chi connectivity index (χ4n) is 1.73. The Morgan fingerprint density at radius 1 is 1.35 bits per heavy atom. The monoisotopic (exact) mass is 282 g/mol. The number of hydrogen-bond acceptors (Lipinski definition) is 2. The molecule has 0 saturated carbocycles. The number of rotatable bonds is 6. The standard InChI is InChI=1S/C14H19FN2O3/c1-3-12(8-13(18)19)16-14(20)17(2)9-10-4-6-11(15)7-5-10/h4-7,12H,3,8-9H2,1-2H3,(H,16,20)(H,18,19). The van der Waals surface area contributed by atoms with E-state index in [-0.39, 0.29) is 18.3 Å². The van der Waals surface area contributed by atoms with Gasteiger partial charge in [0.05, 0.1) is 6.42 Å². The molecule has 0 aromatic heterocycles. The highest BCUT2D eigenvalue weighted by Crippen LogP contribution is 2.06. The summed E-state index contributed by atoms with van der Waals surface area (Å²) in [6.07, 6.45) is 0.440. The molecule has 1 unspecified atom stereocenters. The number of aliphatic carboxylic acids is 1. The van der Waals surface area contributed by atoms with Gasteiger partial charge in [0.2, 0.25) is 0 Å². The van der Waals surface area contributed by atoms with Crippen molar-refractivity contribution in [3.05, 3.63) is 35.6 Å². The molecule has 0 fully saturated rings. The Kier molecular flexibility index (Phi) is 5.96. The lowest BCUT2D eigenvalue weighted by Crippen LogP contribution is -2.43. The van der Waals surface area contributed by atoms with E-state index in [0.29, 0.717) is 13.0 Å². The van der Waals surface area contributed by atoms with Gasteiger partial charge in [0.25, 0.3) is 0 Å². The van der Waals surface area contributed by atoms with Crippen LogP contribution in [0.15, 0.2) is 24.3 Å².